The number of benzene rings is 2. The van der Waals surface area contributed by atoms with E-state index >= 15 is 0 Å². The zero-order valence-electron chi connectivity index (χ0n) is 13.0. The smallest absolute Gasteiger partial charge is 0.241 e. The normalized spacial score (nSPS) is 17.4. The molecular weight excluding hydrogens is 378 g/mol. The number of rotatable bonds is 3. The van der Waals surface area contributed by atoms with Crippen LogP contribution in [0.25, 0.3) is 0 Å². The third-order valence-corrected chi connectivity index (χ3v) is 6.04. The van der Waals surface area contributed by atoms with Gasteiger partial charge in [-0.05, 0) is 55.7 Å². The van der Waals surface area contributed by atoms with Gasteiger partial charge in [0.15, 0.2) is 0 Å². The van der Waals surface area contributed by atoms with E-state index in [0.29, 0.717) is 17.9 Å². The van der Waals surface area contributed by atoms with Crippen LogP contribution in [0.15, 0.2) is 45.8 Å². The van der Waals surface area contributed by atoms with Gasteiger partial charge in [-0.1, -0.05) is 33.6 Å². The Kier molecular flexibility index (Phi) is 4.49. The van der Waals surface area contributed by atoms with Crippen LogP contribution < -0.4 is 9.46 Å². The maximum absolute atomic E-state index is 12.6. The monoisotopic (exact) mass is 395 g/mol. The molecule has 122 valence electrons. The van der Waals surface area contributed by atoms with Gasteiger partial charge in [-0.15, -0.1) is 0 Å². The van der Waals surface area contributed by atoms with E-state index in [-0.39, 0.29) is 6.04 Å². The molecule has 0 spiro atoms. The van der Waals surface area contributed by atoms with Crippen LogP contribution in [-0.2, 0) is 16.4 Å². The Morgan fingerprint density at radius 2 is 1.96 bits per heavy atom. The first-order valence-electron chi connectivity index (χ1n) is 7.36. The molecule has 3 rings (SSSR count). The zero-order valence-corrected chi connectivity index (χ0v) is 15.4. The molecule has 0 amide bonds. The maximum Gasteiger partial charge on any atom is 0.241 e. The summed E-state index contributed by atoms with van der Waals surface area (Å²) in [7, 11) is -3.56. The topological polar surface area (TPSA) is 55.4 Å². The van der Waals surface area contributed by atoms with Gasteiger partial charge >= 0.3 is 0 Å². The van der Waals surface area contributed by atoms with E-state index < -0.39 is 10.0 Å². The highest BCUT2D eigenvalue weighted by Gasteiger charge is 2.26. The molecule has 0 aromatic heterocycles. The number of sulfonamides is 1. The predicted octanol–water partition coefficient (Wildman–Crippen LogP) is 3.35. The highest BCUT2D eigenvalue weighted by molar-refractivity contribution is 9.10. The first-order chi connectivity index (χ1) is 10.8. The summed E-state index contributed by atoms with van der Waals surface area (Å²) in [5.41, 5.74) is 2.79. The summed E-state index contributed by atoms with van der Waals surface area (Å²) in [5.74, 6) is 0.815. The van der Waals surface area contributed by atoms with E-state index in [1.807, 2.05) is 44.2 Å². The zero-order chi connectivity index (χ0) is 16.6. The molecule has 4 nitrogen and oxygen atoms in total. The average Bonchev–Trinajstić information content (AvgIpc) is 2.45. The quantitative estimate of drug-likeness (QED) is 0.866. The largest absolute Gasteiger partial charge is 0.492 e. The van der Waals surface area contributed by atoms with Crippen molar-refractivity contribution >= 4 is 26.0 Å². The molecule has 1 aliphatic rings. The van der Waals surface area contributed by atoms with Crippen molar-refractivity contribution in [3.05, 3.63) is 57.6 Å². The molecule has 0 unspecified atom stereocenters. The van der Waals surface area contributed by atoms with E-state index in [1.165, 1.54) is 0 Å². The van der Waals surface area contributed by atoms with Crippen LogP contribution >= 0.6 is 15.9 Å². The molecule has 0 aliphatic carbocycles. The van der Waals surface area contributed by atoms with Gasteiger partial charge in [0.25, 0.3) is 0 Å². The summed E-state index contributed by atoms with van der Waals surface area (Å²) in [5, 5.41) is 0. The summed E-state index contributed by atoms with van der Waals surface area (Å²) in [6.45, 7) is 4.09. The molecule has 1 aliphatic heterocycles. The molecule has 1 atom stereocenters. The van der Waals surface area contributed by atoms with Gasteiger partial charge in [0.2, 0.25) is 10.0 Å². The molecule has 1 heterocycles. The SMILES string of the molecule is Cc1ccc(S(=O)(=O)N[C@H]2COc3ccc(Br)cc3C2)c(C)c1. The fourth-order valence-electron chi connectivity index (χ4n) is 2.82. The first kappa shape index (κ1) is 16.5. The second-order valence-corrected chi connectivity index (χ2v) is 8.45. The molecule has 2 aromatic carbocycles. The Morgan fingerprint density at radius 3 is 2.70 bits per heavy atom. The minimum atomic E-state index is -3.56. The Labute approximate surface area is 145 Å². The van der Waals surface area contributed by atoms with Crippen molar-refractivity contribution in [1.82, 2.24) is 4.72 Å². The van der Waals surface area contributed by atoms with Crippen LogP contribution in [-0.4, -0.2) is 21.1 Å². The Hall–Kier alpha value is -1.37. The van der Waals surface area contributed by atoms with Gasteiger partial charge in [-0.2, -0.15) is 0 Å². The van der Waals surface area contributed by atoms with Crippen molar-refractivity contribution in [2.75, 3.05) is 6.61 Å². The van der Waals surface area contributed by atoms with Gasteiger partial charge < -0.3 is 4.74 Å². The minimum absolute atomic E-state index is 0.275. The molecule has 0 saturated heterocycles. The molecule has 0 radical (unpaired) electrons. The van der Waals surface area contributed by atoms with Crippen molar-refractivity contribution in [3.8, 4) is 5.75 Å². The fourth-order valence-corrected chi connectivity index (χ4v) is 4.68. The first-order valence-corrected chi connectivity index (χ1v) is 9.63. The van der Waals surface area contributed by atoms with Crippen LogP contribution in [0.2, 0.25) is 0 Å². The van der Waals surface area contributed by atoms with E-state index in [0.717, 1.165) is 26.9 Å². The summed E-state index contributed by atoms with van der Waals surface area (Å²) in [6, 6.07) is 10.8. The lowest BCUT2D eigenvalue weighted by Crippen LogP contribution is -2.42. The van der Waals surface area contributed by atoms with E-state index in [9.17, 15) is 8.42 Å². The van der Waals surface area contributed by atoms with Gasteiger partial charge in [-0.3, -0.25) is 0 Å². The fraction of sp³-hybridized carbons (Fsp3) is 0.294. The lowest BCUT2D eigenvalue weighted by Gasteiger charge is -2.26. The number of hydrogen-bond donors (Lipinski definition) is 1. The lowest BCUT2D eigenvalue weighted by atomic mass is 10.0. The summed E-state index contributed by atoms with van der Waals surface area (Å²) in [6.07, 6.45) is 0.610. The number of fused-ring (bicyclic) bond motifs is 1. The van der Waals surface area contributed by atoms with Crippen molar-refractivity contribution in [2.24, 2.45) is 0 Å². The van der Waals surface area contributed by atoms with Crippen LogP contribution in [0.1, 0.15) is 16.7 Å². The number of halogens is 1. The highest BCUT2D eigenvalue weighted by atomic mass is 79.9. The van der Waals surface area contributed by atoms with Crippen LogP contribution in [0.4, 0.5) is 0 Å². The van der Waals surface area contributed by atoms with Gasteiger partial charge in [0, 0.05) is 4.47 Å². The number of nitrogens with one attached hydrogen (secondary N) is 1. The molecule has 6 heteroatoms. The molecule has 0 bridgehead atoms. The molecular formula is C17H18BrNO3S. The maximum atomic E-state index is 12.6. The van der Waals surface area contributed by atoms with E-state index in [1.54, 1.807) is 6.07 Å². The van der Waals surface area contributed by atoms with Gasteiger partial charge in [0.1, 0.15) is 12.4 Å². The average molecular weight is 396 g/mol. The van der Waals surface area contributed by atoms with Crippen molar-refractivity contribution in [2.45, 2.75) is 31.2 Å². The third-order valence-electron chi connectivity index (χ3n) is 3.87. The summed E-state index contributed by atoms with van der Waals surface area (Å²) >= 11 is 3.43. The van der Waals surface area contributed by atoms with E-state index in [4.69, 9.17) is 4.74 Å². The van der Waals surface area contributed by atoms with Gasteiger partial charge in [-0.25, -0.2) is 13.1 Å². The van der Waals surface area contributed by atoms with Crippen LogP contribution in [0, 0.1) is 13.8 Å². The summed E-state index contributed by atoms with van der Waals surface area (Å²) in [4.78, 5) is 0.322. The number of aryl methyl sites for hydroxylation is 2. The number of hydrogen-bond acceptors (Lipinski definition) is 3. The van der Waals surface area contributed by atoms with Crippen LogP contribution in [0.3, 0.4) is 0 Å². The molecule has 1 N–H and O–H groups in total. The molecule has 23 heavy (non-hydrogen) atoms. The summed E-state index contributed by atoms with van der Waals surface area (Å²) < 4.78 is 34.7. The van der Waals surface area contributed by atoms with Crippen LogP contribution in [0.5, 0.6) is 5.75 Å². The minimum Gasteiger partial charge on any atom is -0.492 e. The standard InChI is InChI=1S/C17H18BrNO3S/c1-11-3-6-17(12(2)7-11)23(20,21)19-15-9-13-8-14(18)4-5-16(13)22-10-15/h3-8,15,19H,9-10H2,1-2H3/t15-/m1/s1. The van der Waals surface area contributed by atoms with Crippen molar-refractivity contribution in [1.29, 1.82) is 0 Å². The second-order valence-electron chi connectivity index (χ2n) is 5.85. The lowest BCUT2D eigenvalue weighted by molar-refractivity contribution is 0.254. The highest BCUT2D eigenvalue weighted by Crippen LogP contribution is 2.28. The van der Waals surface area contributed by atoms with E-state index in [2.05, 4.69) is 20.7 Å². The van der Waals surface area contributed by atoms with Gasteiger partial charge in [0.05, 0.1) is 10.9 Å². The molecule has 0 saturated carbocycles. The molecule has 2 aromatic rings. The molecule has 0 fully saturated rings. The Bertz CT molecular complexity index is 849. The Balaban J connectivity index is 1.82. The predicted molar refractivity (Wildman–Crippen MR) is 93.4 cm³/mol. The Morgan fingerprint density at radius 1 is 1.17 bits per heavy atom. The van der Waals surface area contributed by atoms with Crippen molar-refractivity contribution < 1.29 is 13.2 Å². The second kappa shape index (κ2) is 6.26. The van der Waals surface area contributed by atoms with Crippen molar-refractivity contribution in [3.63, 3.8) is 0 Å². The third kappa shape index (κ3) is 3.59. The number of ether oxygens (including phenoxy) is 1.